The number of nitrogens with one attached hydrogen (secondary N) is 2. The number of pyridine rings is 1. The number of hydrogen-bond donors (Lipinski definition) is 2. The van der Waals surface area contributed by atoms with Crippen molar-refractivity contribution in [2.45, 2.75) is 32.7 Å². The molecule has 3 heterocycles. The van der Waals surface area contributed by atoms with E-state index in [0.29, 0.717) is 0 Å². The van der Waals surface area contributed by atoms with Crippen molar-refractivity contribution in [1.29, 1.82) is 0 Å². The summed E-state index contributed by atoms with van der Waals surface area (Å²) in [6, 6.07) is 6.05. The monoisotopic (exact) mass is 500 g/mol. The van der Waals surface area contributed by atoms with Crippen LogP contribution in [0.3, 0.4) is 0 Å². The van der Waals surface area contributed by atoms with E-state index in [0.717, 1.165) is 69.7 Å². The van der Waals surface area contributed by atoms with Crippen molar-refractivity contribution < 1.29 is 4.74 Å². The fourth-order valence-electron chi connectivity index (χ4n) is 3.30. The second kappa shape index (κ2) is 11.0. The lowest BCUT2D eigenvalue weighted by Crippen LogP contribution is -2.52. The van der Waals surface area contributed by atoms with Gasteiger partial charge in [0.05, 0.1) is 25.5 Å². The topological polar surface area (TPSA) is 66.2 Å². The van der Waals surface area contributed by atoms with Gasteiger partial charge in [-0.25, -0.2) is 4.98 Å². The first kappa shape index (κ1) is 22.9. The van der Waals surface area contributed by atoms with Crippen LogP contribution in [0.1, 0.15) is 26.5 Å². The van der Waals surface area contributed by atoms with Crippen molar-refractivity contribution in [2.75, 3.05) is 45.9 Å². The number of aromatic nitrogens is 2. The Labute approximate surface area is 185 Å². The van der Waals surface area contributed by atoms with E-state index in [1.165, 1.54) is 0 Å². The molecule has 2 aromatic heterocycles. The van der Waals surface area contributed by atoms with Gasteiger partial charge in [-0.05, 0) is 32.9 Å². The van der Waals surface area contributed by atoms with Crippen LogP contribution >= 0.6 is 24.0 Å². The van der Waals surface area contributed by atoms with Gasteiger partial charge in [0.15, 0.2) is 5.96 Å². The van der Waals surface area contributed by atoms with Gasteiger partial charge in [0, 0.05) is 50.5 Å². The molecular weight excluding hydrogens is 467 g/mol. The molecule has 156 valence electrons. The smallest absolute Gasteiger partial charge is 0.191 e. The second-order valence-electron chi connectivity index (χ2n) is 7.48. The summed E-state index contributed by atoms with van der Waals surface area (Å²) < 4.78 is 7.52. The van der Waals surface area contributed by atoms with E-state index in [4.69, 9.17) is 9.73 Å². The van der Waals surface area contributed by atoms with Gasteiger partial charge in [-0.3, -0.25) is 9.89 Å². The standard InChI is InChI=1S/C20H32N6O.HI/c1-4-21-19(23-16-20(2,3)26-11-13-27-14-12-26)22-9-8-17-15-25-10-6-5-7-18(25)24-17;/h5-7,10,15H,4,8-9,11-14,16H2,1-3H3,(H2,21,22,23);1H. The minimum atomic E-state index is 0. The van der Waals surface area contributed by atoms with E-state index in [1.807, 2.05) is 24.4 Å². The number of nitrogens with zero attached hydrogens (tertiary/aromatic N) is 4. The van der Waals surface area contributed by atoms with E-state index in [1.54, 1.807) is 0 Å². The summed E-state index contributed by atoms with van der Waals surface area (Å²) in [6.07, 6.45) is 4.97. The third-order valence-electron chi connectivity index (χ3n) is 4.92. The average molecular weight is 500 g/mol. The summed E-state index contributed by atoms with van der Waals surface area (Å²) >= 11 is 0. The quantitative estimate of drug-likeness (QED) is 0.347. The number of halogens is 1. The highest BCUT2D eigenvalue weighted by Crippen LogP contribution is 2.16. The SMILES string of the molecule is CCNC(=NCC(C)(C)N1CCOCC1)NCCc1cn2ccccc2n1.I. The van der Waals surface area contributed by atoms with Crippen LogP contribution in [0.5, 0.6) is 0 Å². The van der Waals surface area contributed by atoms with Crippen molar-refractivity contribution in [3.05, 3.63) is 36.3 Å². The van der Waals surface area contributed by atoms with Crippen LogP contribution in [0.25, 0.3) is 5.65 Å². The lowest BCUT2D eigenvalue weighted by Gasteiger charge is -2.39. The third kappa shape index (κ3) is 6.31. The van der Waals surface area contributed by atoms with Crippen LogP contribution in [0.15, 0.2) is 35.6 Å². The van der Waals surface area contributed by atoms with Gasteiger partial charge in [0.1, 0.15) is 5.65 Å². The van der Waals surface area contributed by atoms with Crippen molar-refractivity contribution in [3.63, 3.8) is 0 Å². The number of rotatable bonds is 7. The molecule has 1 saturated heterocycles. The predicted molar refractivity (Wildman–Crippen MR) is 125 cm³/mol. The number of ether oxygens (including phenoxy) is 1. The molecule has 0 saturated carbocycles. The largest absolute Gasteiger partial charge is 0.379 e. The Morgan fingerprint density at radius 3 is 2.75 bits per heavy atom. The van der Waals surface area contributed by atoms with Gasteiger partial charge in [-0.15, -0.1) is 24.0 Å². The molecule has 0 amide bonds. The Hall–Kier alpha value is -1.39. The van der Waals surface area contributed by atoms with Gasteiger partial charge < -0.3 is 19.8 Å². The molecule has 2 aromatic rings. The number of imidazole rings is 1. The first-order valence-corrected chi connectivity index (χ1v) is 9.86. The van der Waals surface area contributed by atoms with Crippen molar-refractivity contribution in [2.24, 2.45) is 4.99 Å². The molecule has 2 N–H and O–H groups in total. The molecule has 0 aromatic carbocycles. The van der Waals surface area contributed by atoms with Gasteiger partial charge >= 0.3 is 0 Å². The normalized spacial score (nSPS) is 16.0. The van der Waals surface area contributed by atoms with E-state index >= 15 is 0 Å². The Morgan fingerprint density at radius 2 is 2.04 bits per heavy atom. The molecule has 0 spiro atoms. The number of aliphatic imine (C=N–C) groups is 1. The summed E-state index contributed by atoms with van der Waals surface area (Å²) in [6.45, 7) is 12.6. The Balaban J connectivity index is 0.00000280. The third-order valence-corrected chi connectivity index (χ3v) is 4.92. The molecule has 0 aliphatic carbocycles. The zero-order valence-electron chi connectivity index (χ0n) is 17.1. The molecule has 1 aliphatic rings. The van der Waals surface area contributed by atoms with E-state index in [2.05, 4.69) is 51.9 Å². The minimum absolute atomic E-state index is 0. The Morgan fingerprint density at radius 1 is 1.25 bits per heavy atom. The highest BCUT2D eigenvalue weighted by molar-refractivity contribution is 14.0. The lowest BCUT2D eigenvalue weighted by molar-refractivity contribution is -0.00683. The van der Waals surface area contributed by atoms with Crippen LogP contribution in [-0.2, 0) is 11.2 Å². The first-order valence-electron chi connectivity index (χ1n) is 9.86. The zero-order chi connectivity index (χ0) is 19.1. The average Bonchev–Trinajstić information content (AvgIpc) is 3.09. The van der Waals surface area contributed by atoms with Crippen LogP contribution in [-0.4, -0.2) is 71.7 Å². The molecule has 0 unspecified atom stereocenters. The van der Waals surface area contributed by atoms with Crippen LogP contribution in [0.2, 0.25) is 0 Å². The summed E-state index contributed by atoms with van der Waals surface area (Å²) in [5, 5.41) is 6.78. The maximum atomic E-state index is 5.47. The minimum Gasteiger partial charge on any atom is -0.379 e. The molecular formula is C20H33IN6O. The molecule has 8 heteroatoms. The van der Waals surface area contributed by atoms with Crippen molar-refractivity contribution >= 4 is 35.6 Å². The van der Waals surface area contributed by atoms with Crippen LogP contribution < -0.4 is 10.6 Å². The van der Waals surface area contributed by atoms with Gasteiger partial charge in [0.25, 0.3) is 0 Å². The number of fused-ring (bicyclic) bond motifs is 1. The van der Waals surface area contributed by atoms with E-state index in [9.17, 15) is 0 Å². The molecule has 1 aliphatic heterocycles. The fraction of sp³-hybridized carbons (Fsp3) is 0.600. The van der Waals surface area contributed by atoms with Gasteiger partial charge in [0.2, 0.25) is 0 Å². The van der Waals surface area contributed by atoms with Crippen LogP contribution in [0, 0.1) is 0 Å². The van der Waals surface area contributed by atoms with Gasteiger partial charge in [-0.1, -0.05) is 6.07 Å². The Bertz CT molecular complexity index is 721. The zero-order valence-corrected chi connectivity index (χ0v) is 19.5. The number of guanidine groups is 1. The maximum absolute atomic E-state index is 5.47. The molecule has 7 nitrogen and oxygen atoms in total. The second-order valence-corrected chi connectivity index (χ2v) is 7.48. The molecule has 1 fully saturated rings. The molecule has 28 heavy (non-hydrogen) atoms. The molecule has 0 radical (unpaired) electrons. The lowest BCUT2D eigenvalue weighted by atomic mass is 10.0. The van der Waals surface area contributed by atoms with Crippen molar-refractivity contribution in [1.82, 2.24) is 24.9 Å². The Kier molecular flexibility index (Phi) is 8.97. The summed E-state index contributed by atoms with van der Waals surface area (Å²) in [5.74, 6) is 0.864. The summed E-state index contributed by atoms with van der Waals surface area (Å²) in [5.41, 5.74) is 2.09. The number of morpholine rings is 1. The first-order chi connectivity index (χ1) is 13.1. The van der Waals surface area contributed by atoms with E-state index < -0.39 is 0 Å². The summed E-state index contributed by atoms with van der Waals surface area (Å²) in [7, 11) is 0. The molecule has 0 bridgehead atoms. The highest BCUT2D eigenvalue weighted by atomic mass is 127. The molecule has 3 rings (SSSR count). The fourth-order valence-corrected chi connectivity index (χ4v) is 3.30. The maximum Gasteiger partial charge on any atom is 0.191 e. The van der Waals surface area contributed by atoms with Gasteiger partial charge in [-0.2, -0.15) is 0 Å². The molecule has 0 atom stereocenters. The highest BCUT2D eigenvalue weighted by Gasteiger charge is 2.28. The van der Waals surface area contributed by atoms with Crippen LogP contribution in [0.4, 0.5) is 0 Å². The van der Waals surface area contributed by atoms with Crippen molar-refractivity contribution in [3.8, 4) is 0 Å². The number of hydrogen-bond acceptors (Lipinski definition) is 4. The van der Waals surface area contributed by atoms with E-state index in [-0.39, 0.29) is 29.5 Å². The predicted octanol–water partition coefficient (Wildman–Crippen LogP) is 2.16. The summed E-state index contributed by atoms with van der Waals surface area (Å²) in [4.78, 5) is 11.9.